The minimum absolute atomic E-state index is 0.0411. The molecule has 0 bridgehead atoms. The molecule has 6 nitrogen and oxygen atoms in total. The molecule has 33 heavy (non-hydrogen) atoms. The third kappa shape index (κ3) is 4.57. The lowest BCUT2D eigenvalue weighted by molar-refractivity contribution is 0.122. The van der Waals surface area contributed by atoms with E-state index in [0.717, 1.165) is 67.1 Å². The molecule has 3 aromatic rings. The van der Waals surface area contributed by atoms with Gasteiger partial charge in [0.05, 0.1) is 28.7 Å². The van der Waals surface area contributed by atoms with Gasteiger partial charge in [0, 0.05) is 42.6 Å². The van der Waals surface area contributed by atoms with Gasteiger partial charge in [0.25, 0.3) is 0 Å². The zero-order chi connectivity index (χ0) is 22.1. The van der Waals surface area contributed by atoms with Gasteiger partial charge in [-0.2, -0.15) is 0 Å². The van der Waals surface area contributed by atoms with Crippen LogP contribution in [0.1, 0.15) is 37.8 Å². The first-order valence-corrected chi connectivity index (χ1v) is 12.8. The number of pyridine rings is 1. The topological polar surface area (TPSA) is 63.2 Å². The quantitative estimate of drug-likeness (QED) is 0.526. The van der Waals surface area contributed by atoms with Crippen molar-refractivity contribution in [3.8, 4) is 11.4 Å². The average Bonchev–Trinajstić information content (AvgIpc) is 3.67. The number of anilines is 2. The molecule has 170 valence electrons. The van der Waals surface area contributed by atoms with Crippen LogP contribution in [0.2, 0.25) is 0 Å². The molecule has 3 heterocycles. The van der Waals surface area contributed by atoms with Gasteiger partial charge in [-0.3, -0.25) is 0 Å². The summed E-state index contributed by atoms with van der Waals surface area (Å²) in [4.78, 5) is 17.1. The van der Waals surface area contributed by atoms with Crippen LogP contribution in [0.15, 0.2) is 59.8 Å². The number of nitrogens with one attached hydrogen (secondary N) is 1. The monoisotopic (exact) mass is 459 g/mol. The number of hydrogen-bond acceptors (Lipinski definition) is 7. The van der Waals surface area contributed by atoms with E-state index in [2.05, 4.69) is 57.7 Å². The Hall–Kier alpha value is -2.64. The summed E-state index contributed by atoms with van der Waals surface area (Å²) in [5, 5.41) is 4.62. The molecule has 1 aliphatic heterocycles. The van der Waals surface area contributed by atoms with Crippen molar-refractivity contribution in [2.24, 2.45) is 0 Å². The fourth-order valence-electron chi connectivity index (χ4n) is 4.45. The first-order valence-electron chi connectivity index (χ1n) is 12.0. The van der Waals surface area contributed by atoms with Gasteiger partial charge in [0.2, 0.25) is 0 Å². The lowest BCUT2D eigenvalue weighted by Gasteiger charge is -2.41. The summed E-state index contributed by atoms with van der Waals surface area (Å²) in [6, 6.07) is 17.6. The van der Waals surface area contributed by atoms with Gasteiger partial charge < -0.3 is 15.0 Å². The molecular weight excluding hydrogens is 430 g/mol. The van der Waals surface area contributed by atoms with E-state index in [0.29, 0.717) is 6.04 Å². The van der Waals surface area contributed by atoms with E-state index in [-0.39, 0.29) is 4.75 Å². The smallest absolute Gasteiger partial charge is 0.161 e. The molecular formula is C26H29N5OS. The lowest BCUT2D eigenvalue weighted by Crippen LogP contribution is -2.38. The van der Waals surface area contributed by atoms with Crippen molar-refractivity contribution in [3.05, 3.63) is 60.4 Å². The second-order valence-corrected chi connectivity index (χ2v) is 10.6. The van der Waals surface area contributed by atoms with Crippen molar-refractivity contribution in [1.29, 1.82) is 0 Å². The van der Waals surface area contributed by atoms with Crippen molar-refractivity contribution in [2.45, 2.75) is 47.9 Å². The SMILES string of the molecule is c1ccc(SC2(c3cc(N4CCOCC4)nc(-c4ccc(NC5CC5)cc4)n3)CCC2)nc1. The third-order valence-electron chi connectivity index (χ3n) is 6.70. The van der Waals surface area contributed by atoms with E-state index >= 15 is 0 Å². The van der Waals surface area contributed by atoms with Gasteiger partial charge in [0.15, 0.2) is 5.82 Å². The van der Waals surface area contributed by atoms with Crippen LogP contribution in [0.3, 0.4) is 0 Å². The Morgan fingerprint density at radius 2 is 1.82 bits per heavy atom. The van der Waals surface area contributed by atoms with Crippen LogP contribution in [0.25, 0.3) is 11.4 Å². The number of nitrogens with zero attached hydrogens (tertiary/aromatic N) is 4. The summed E-state index contributed by atoms with van der Waals surface area (Å²) in [6.45, 7) is 3.20. The highest BCUT2D eigenvalue weighted by Crippen LogP contribution is 2.54. The van der Waals surface area contributed by atoms with Gasteiger partial charge >= 0.3 is 0 Å². The van der Waals surface area contributed by atoms with Gasteiger partial charge in [-0.05, 0) is 68.5 Å². The standard InChI is InChI=1S/C26H29N5OS/c1-2-13-27-24(4-1)33-26(11-3-12-26)22-18-23(31-14-16-32-17-15-31)30-25(29-22)19-5-7-20(8-6-19)28-21-9-10-21/h1-2,4-8,13,18,21,28H,3,9-12,14-17H2. The van der Waals surface area contributed by atoms with Crippen LogP contribution >= 0.6 is 11.8 Å². The largest absolute Gasteiger partial charge is 0.382 e. The molecule has 0 spiro atoms. The second kappa shape index (κ2) is 8.95. The van der Waals surface area contributed by atoms with E-state index < -0.39 is 0 Å². The summed E-state index contributed by atoms with van der Waals surface area (Å²) < 4.78 is 5.55. The van der Waals surface area contributed by atoms with Gasteiger partial charge in [-0.15, -0.1) is 0 Å². The van der Waals surface area contributed by atoms with Crippen molar-refractivity contribution in [1.82, 2.24) is 15.0 Å². The Balaban J connectivity index is 1.37. The number of morpholine rings is 1. The highest BCUT2D eigenvalue weighted by molar-refractivity contribution is 8.00. The highest BCUT2D eigenvalue weighted by Gasteiger charge is 2.42. The summed E-state index contributed by atoms with van der Waals surface area (Å²) in [5.74, 6) is 1.81. The van der Waals surface area contributed by atoms with Crippen LogP contribution < -0.4 is 10.2 Å². The van der Waals surface area contributed by atoms with Gasteiger partial charge in [0.1, 0.15) is 5.82 Å². The van der Waals surface area contributed by atoms with E-state index in [1.54, 1.807) is 0 Å². The summed E-state index contributed by atoms with van der Waals surface area (Å²) in [7, 11) is 0. The molecule has 2 aromatic heterocycles. The molecule has 2 aliphatic carbocycles. The third-order valence-corrected chi connectivity index (χ3v) is 8.16. The van der Waals surface area contributed by atoms with Crippen LogP contribution in [0.4, 0.5) is 11.5 Å². The maximum atomic E-state index is 5.59. The molecule has 1 saturated heterocycles. The molecule has 1 N–H and O–H groups in total. The number of aromatic nitrogens is 3. The Kier molecular flexibility index (Phi) is 5.68. The molecule has 7 heteroatoms. The number of hydrogen-bond donors (Lipinski definition) is 1. The number of rotatable bonds is 7. The lowest BCUT2D eigenvalue weighted by atomic mass is 9.81. The fraction of sp³-hybridized carbons (Fsp3) is 0.423. The molecule has 3 aliphatic rings. The van der Waals surface area contributed by atoms with Crippen molar-refractivity contribution in [2.75, 3.05) is 36.5 Å². The van der Waals surface area contributed by atoms with Gasteiger partial charge in [-0.25, -0.2) is 15.0 Å². The van der Waals surface area contributed by atoms with Crippen molar-refractivity contribution < 1.29 is 4.74 Å². The minimum atomic E-state index is -0.0411. The highest BCUT2D eigenvalue weighted by atomic mass is 32.2. The predicted molar refractivity (Wildman–Crippen MR) is 133 cm³/mol. The molecule has 0 amide bonds. The Bertz CT molecular complexity index is 1090. The van der Waals surface area contributed by atoms with Crippen LogP contribution in [-0.2, 0) is 9.48 Å². The molecule has 2 saturated carbocycles. The molecule has 0 atom stereocenters. The number of ether oxygens (including phenoxy) is 1. The van der Waals surface area contributed by atoms with Crippen LogP contribution in [0.5, 0.6) is 0 Å². The first-order chi connectivity index (χ1) is 16.3. The van der Waals surface area contributed by atoms with E-state index in [9.17, 15) is 0 Å². The number of benzene rings is 1. The zero-order valence-electron chi connectivity index (χ0n) is 18.7. The molecule has 1 aromatic carbocycles. The maximum Gasteiger partial charge on any atom is 0.161 e. The summed E-state index contributed by atoms with van der Waals surface area (Å²) >= 11 is 1.85. The van der Waals surface area contributed by atoms with Crippen LogP contribution in [-0.4, -0.2) is 47.3 Å². The Labute approximate surface area is 199 Å². The number of thioether (sulfide) groups is 1. The Morgan fingerprint density at radius 3 is 2.48 bits per heavy atom. The molecule has 6 rings (SSSR count). The van der Waals surface area contributed by atoms with Crippen molar-refractivity contribution in [3.63, 3.8) is 0 Å². The van der Waals surface area contributed by atoms with E-state index in [1.807, 2.05) is 24.0 Å². The van der Waals surface area contributed by atoms with Crippen molar-refractivity contribution >= 4 is 23.3 Å². The van der Waals surface area contributed by atoms with E-state index in [1.165, 1.54) is 24.9 Å². The minimum Gasteiger partial charge on any atom is -0.382 e. The Morgan fingerprint density at radius 1 is 1.00 bits per heavy atom. The average molecular weight is 460 g/mol. The molecule has 0 unspecified atom stereocenters. The second-order valence-electron chi connectivity index (χ2n) is 9.15. The summed E-state index contributed by atoms with van der Waals surface area (Å²) in [5.41, 5.74) is 3.35. The molecule has 3 fully saturated rings. The maximum absolute atomic E-state index is 5.59. The zero-order valence-corrected chi connectivity index (χ0v) is 19.6. The summed E-state index contributed by atoms with van der Waals surface area (Å²) in [6.07, 6.45) is 7.84. The molecule has 0 radical (unpaired) electrons. The fourth-order valence-corrected chi connectivity index (χ4v) is 5.81. The van der Waals surface area contributed by atoms with Gasteiger partial charge in [-0.1, -0.05) is 17.8 Å². The first kappa shape index (κ1) is 20.9. The van der Waals surface area contributed by atoms with E-state index in [4.69, 9.17) is 14.7 Å². The van der Waals surface area contributed by atoms with Crippen LogP contribution in [0, 0.1) is 0 Å². The normalized spacial score (nSPS) is 19.7. The predicted octanol–water partition coefficient (Wildman–Crippen LogP) is 5.12.